The normalized spacial score (nSPS) is 13.6. The Bertz CT molecular complexity index is 1800. The Hall–Kier alpha value is -5.02. The number of rotatable bonds is 6. The maximum Gasteiger partial charge on any atom is 0.258 e. The van der Waals surface area contributed by atoms with Gasteiger partial charge in [0.05, 0.1) is 18.9 Å². The Labute approximate surface area is 257 Å². The Morgan fingerprint density at radius 3 is 2.34 bits per heavy atom. The number of carbonyl (C=O) groups excluding carboxylic acids is 2. The smallest absolute Gasteiger partial charge is 0.258 e. The van der Waals surface area contributed by atoms with Crippen molar-refractivity contribution in [1.82, 2.24) is 19.3 Å². The number of amides is 2. The lowest BCUT2D eigenvalue weighted by molar-refractivity contribution is 0.0303. The molecule has 0 spiro atoms. The van der Waals surface area contributed by atoms with Crippen LogP contribution in [0.3, 0.4) is 0 Å². The number of aromatic nitrogens is 3. The molecule has 1 aliphatic heterocycles. The number of morpholine rings is 1. The molecule has 2 aromatic heterocycles. The minimum absolute atomic E-state index is 0.000947. The molecule has 3 heterocycles. The van der Waals surface area contributed by atoms with E-state index in [2.05, 4.69) is 10.3 Å². The van der Waals surface area contributed by atoms with Crippen molar-refractivity contribution in [2.75, 3.05) is 36.5 Å². The summed E-state index contributed by atoms with van der Waals surface area (Å²) in [5.41, 5.74) is 5.66. The summed E-state index contributed by atoms with van der Waals surface area (Å²) >= 11 is 0. The fraction of sp³-hybridized carbons (Fsp3) is 0.257. The van der Waals surface area contributed by atoms with Gasteiger partial charge in [-0.1, -0.05) is 30.3 Å². The van der Waals surface area contributed by atoms with Crippen LogP contribution in [-0.4, -0.2) is 62.9 Å². The zero-order chi connectivity index (χ0) is 30.8. The molecule has 5 aromatic rings. The van der Waals surface area contributed by atoms with Gasteiger partial charge in [-0.05, 0) is 75.7 Å². The molecular formula is C35H36N6O3. The van der Waals surface area contributed by atoms with Gasteiger partial charge in [0.2, 0.25) is 0 Å². The molecular weight excluding hydrogens is 552 g/mol. The second-order valence-corrected chi connectivity index (χ2v) is 11.9. The number of nitrogens with zero attached hydrogens (tertiary/aromatic N) is 5. The van der Waals surface area contributed by atoms with Gasteiger partial charge < -0.3 is 24.3 Å². The highest BCUT2D eigenvalue weighted by Crippen LogP contribution is 2.35. The number of anilines is 3. The second kappa shape index (κ2) is 11.9. The number of imidazole rings is 1. The third-order valence-corrected chi connectivity index (χ3v) is 7.78. The van der Waals surface area contributed by atoms with E-state index in [9.17, 15) is 9.59 Å². The standard InChI is InChI=1S/C35H36N6O3/c1-24-28(11-8-12-30(24)41(35(2,3)4)34(43)25-9-6-5-7-10-25)29-23-40-18-17-36-32(40)31(38-29)37-27-15-13-26(14-16-27)33(42)39-19-21-44-22-20-39/h5-18,23H,19-22H2,1-4H3,(H,37,38). The molecule has 1 aliphatic rings. The van der Waals surface area contributed by atoms with Gasteiger partial charge in [0.25, 0.3) is 11.8 Å². The lowest BCUT2D eigenvalue weighted by Gasteiger charge is -2.37. The lowest BCUT2D eigenvalue weighted by atomic mass is 9.97. The van der Waals surface area contributed by atoms with Crippen LogP contribution in [0.25, 0.3) is 16.9 Å². The molecule has 6 rings (SSSR count). The summed E-state index contributed by atoms with van der Waals surface area (Å²) in [6.07, 6.45) is 5.57. The molecule has 0 radical (unpaired) electrons. The SMILES string of the molecule is Cc1c(-c2cn3ccnc3c(Nc3ccc(C(=O)N4CCOCC4)cc3)n2)cccc1N(C(=O)c1ccccc1)C(C)(C)C. The monoisotopic (exact) mass is 588 g/mol. The summed E-state index contributed by atoms with van der Waals surface area (Å²) in [5.74, 6) is 0.521. The highest BCUT2D eigenvalue weighted by atomic mass is 16.5. The highest BCUT2D eigenvalue weighted by molar-refractivity contribution is 6.07. The summed E-state index contributed by atoms with van der Waals surface area (Å²) < 4.78 is 7.31. The molecule has 44 heavy (non-hydrogen) atoms. The van der Waals surface area contributed by atoms with Gasteiger partial charge in [0, 0.05) is 65.3 Å². The van der Waals surface area contributed by atoms with E-state index < -0.39 is 5.54 Å². The van der Waals surface area contributed by atoms with Crippen molar-refractivity contribution in [3.63, 3.8) is 0 Å². The van der Waals surface area contributed by atoms with Crippen LogP contribution >= 0.6 is 0 Å². The molecule has 0 atom stereocenters. The summed E-state index contributed by atoms with van der Waals surface area (Å²) in [6.45, 7) is 10.5. The molecule has 3 aromatic carbocycles. The van der Waals surface area contributed by atoms with E-state index in [-0.39, 0.29) is 11.8 Å². The number of fused-ring (bicyclic) bond motifs is 1. The van der Waals surface area contributed by atoms with Crippen molar-refractivity contribution in [2.45, 2.75) is 33.2 Å². The first-order valence-electron chi connectivity index (χ1n) is 14.8. The van der Waals surface area contributed by atoms with Crippen LogP contribution in [-0.2, 0) is 4.74 Å². The molecule has 9 heteroatoms. The molecule has 1 fully saturated rings. The number of hydrogen-bond donors (Lipinski definition) is 1. The maximum absolute atomic E-state index is 13.8. The lowest BCUT2D eigenvalue weighted by Crippen LogP contribution is -2.46. The third kappa shape index (κ3) is 5.78. The zero-order valence-electron chi connectivity index (χ0n) is 25.4. The first kappa shape index (κ1) is 29.1. The van der Waals surface area contributed by atoms with Crippen molar-refractivity contribution in [2.24, 2.45) is 0 Å². The van der Waals surface area contributed by atoms with Crippen LogP contribution < -0.4 is 10.2 Å². The number of hydrogen-bond acceptors (Lipinski definition) is 6. The number of nitrogens with one attached hydrogen (secondary N) is 1. The Balaban J connectivity index is 1.34. The molecule has 9 nitrogen and oxygen atoms in total. The molecule has 1 saturated heterocycles. The fourth-order valence-electron chi connectivity index (χ4n) is 5.56. The van der Waals surface area contributed by atoms with Gasteiger partial charge in [-0.15, -0.1) is 0 Å². The van der Waals surface area contributed by atoms with Crippen LogP contribution in [0.5, 0.6) is 0 Å². The molecule has 2 amide bonds. The van der Waals surface area contributed by atoms with Gasteiger partial charge in [-0.2, -0.15) is 0 Å². The van der Waals surface area contributed by atoms with Crippen molar-refractivity contribution in [1.29, 1.82) is 0 Å². The zero-order valence-corrected chi connectivity index (χ0v) is 25.4. The first-order valence-corrected chi connectivity index (χ1v) is 14.8. The Morgan fingerprint density at radius 1 is 0.909 bits per heavy atom. The summed E-state index contributed by atoms with van der Waals surface area (Å²) in [7, 11) is 0. The van der Waals surface area contributed by atoms with E-state index in [0.29, 0.717) is 48.9 Å². The average molecular weight is 589 g/mol. The van der Waals surface area contributed by atoms with Crippen LogP contribution in [0.2, 0.25) is 0 Å². The van der Waals surface area contributed by atoms with Gasteiger partial charge in [0.15, 0.2) is 11.5 Å². The van der Waals surface area contributed by atoms with E-state index in [1.54, 1.807) is 6.20 Å². The number of ether oxygens (including phenoxy) is 1. The van der Waals surface area contributed by atoms with Crippen molar-refractivity contribution in [3.8, 4) is 11.3 Å². The molecule has 0 unspecified atom stereocenters. The number of carbonyl (C=O) groups is 2. The topological polar surface area (TPSA) is 92.1 Å². The first-order chi connectivity index (χ1) is 21.2. The molecule has 224 valence electrons. The summed E-state index contributed by atoms with van der Waals surface area (Å²) in [5, 5.41) is 3.41. The quantitative estimate of drug-likeness (QED) is 0.248. The summed E-state index contributed by atoms with van der Waals surface area (Å²) in [4.78, 5) is 39.9. The van der Waals surface area contributed by atoms with Crippen LogP contribution in [0.4, 0.5) is 17.2 Å². The predicted octanol–water partition coefficient (Wildman–Crippen LogP) is 6.37. The number of benzene rings is 3. The summed E-state index contributed by atoms with van der Waals surface area (Å²) in [6, 6.07) is 22.7. The van der Waals surface area contributed by atoms with E-state index in [4.69, 9.17) is 9.72 Å². The highest BCUT2D eigenvalue weighted by Gasteiger charge is 2.31. The predicted molar refractivity (Wildman–Crippen MR) is 173 cm³/mol. The van der Waals surface area contributed by atoms with Crippen molar-refractivity contribution < 1.29 is 14.3 Å². The van der Waals surface area contributed by atoms with E-state index in [0.717, 1.165) is 28.2 Å². The van der Waals surface area contributed by atoms with Crippen LogP contribution in [0, 0.1) is 6.92 Å². The van der Waals surface area contributed by atoms with Gasteiger partial charge in [-0.3, -0.25) is 9.59 Å². The fourth-order valence-corrected chi connectivity index (χ4v) is 5.56. The largest absolute Gasteiger partial charge is 0.378 e. The van der Waals surface area contributed by atoms with Crippen LogP contribution in [0.1, 0.15) is 47.1 Å². The van der Waals surface area contributed by atoms with Gasteiger partial charge >= 0.3 is 0 Å². The second-order valence-electron chi connectivity index (χ2n) is 11.9. The minimum Gasteiger partial charge on any atom is -0.378 e. The average Bonchev–Trinajstić information content (AvgIpc) is 3.51. The van der Waals surface area contributed by atoms with Crippen molar-refractivity contribution >= 4 is 34.7 Å². The molecule has 0 bridgehead atoms. The van der Waals surface area contributed by atoms with Gasteiger partial charge in [0.1, 0.15) is 0 Å². The minimum atomic E-state index is -0.472. The molecule has 0 aliphatic carbocycles. The van der Waals surface area contributed by atoms with E-state index >= 15 is 0 Å². The molecule has 0 saturated carbocycles. The van der Waals surface area contributed by atoms with Crippen LogP contribution in [0.15, 0.2) is 91.4 Å². The molecule has 1 N–H and O–H groups in total. The van der Waals surface area contributed by atoms with Crippen molar-refractivity contribution in [3.05, 3.63) is 108 Å². The van der Waals surface area contributed by atoms with Gasteiger partial charge in [-0.25, -0.2) is 9.97 Å². The van der Waals surface area contributed by atoms with E-state index in [1.165, 1.54) is 0 Å². The maximum atomic E-state index is 13.8. The third-order valence-electron chi connectivity index (χ3n) is 7.78. The Kier molecular flexibility index (Phi) is 7.88. The van der Waals surface area contributed by atoms with E-state index in [1.807, 2.05) is 127 Å². The Morgan fingerprint density at radius 2 is 1.64 bits per heavy atom.